The fourth-order valence-corrected chi connectivity index (χ4v) is 5.71. The van der Waals surface area contributed by atoms with Crippen molar-refractivity contribution < 1.29 is 4.79 Å². The van der Waals surface area contributed by atoms with Gasteiger partial charge in [0.25, 0.3) is 5.91 Å². The molecule has 5 heteroatoms. The highest BCUT2D eigenvalue weighted by Gasteiger charge is 2.32. The Labute approximate surface area is 185 Å². The number of benzene rings is 1. The molecule has 0 bridgehead atoms. The van der Waals surface area contributed by atoms with Crippen LogP contribution in [0.2, 0.25) is 0 Å². The molecule has 1 aromatic heterocycles. The van der Waals surface area contributed by atoms with Gasteiger partial charge in [0.1, 0.15) is 0 Å². The van der Waals surface area contributed by atoms with Gasteiger partial charge in [0, 0.05) is 36.4 Å². The molecule has 2 heterocycles. The van der Waals surface area contributed by atoms with Crippen LogP contribution in [0.4, 0.5) is 0 Å². The highest BCUT2D eigenvalue weighted by Crippen LogP contribution is 2.29. The van der Waals surface area contributed by atoms with E-state index < -0.39 is 0 Å². The lowest BCUT2D eigenvalue weighted by Gasteiger charge is -2.28. The summed E-state index contributed by atoms with van der Waals surface area (Å²) in [5, 5.41) is 8.73. The Balaban J connectivity index is 1.34. The molecule has 1 N–H and O–H groups in total. The monoisotopic (exact) mass is 418 g/mol. The molecule has 0 unspecified atom stereocenters. The van der Waals surface area contributed by atoms with Crippen molar-refractivity contribution in [3.05, 3.63) is 65.0 Å². The molecular weight excluding hydrogens is 384 g/mol. The average Bonchev–Trinajstić information content (AvgIpc) is 3.22. The van der Waals surface area contributed by atoms with Crippen LogP contribution in [0, 0.1) is 0 Å². The van der Waals surface area contributed by atoms with Crippen molar-refractivity contribution in [1.82, 2.24) is 20.0 Å². The van der Waals surface area contributed by atoms with Crippen molar-refractivity contribution >= 4 is 5.91 Å². The summed E-state index contributed by atoms with van der Waals surface area (Å²) in [4.78, 5) is 15.5. The zero-order chi connectivity index (χ0) is 21.2. The molecular formula is C26H34N4O. The van der Waals surface area contributed by atoms with Gasteiger partial charge in [0.05, 0.1) is 6.54 Å². The highest BCUT2D eigenvalue weighted by atomic mass is 16.2. The highest BCUT2D eigenvalue weighted by molar-refractivity contribution is 5.94. The van der Waals surface area contributed by atoms with Crippen LogP contribution in [0.5, 0.6) is 0 Å². The molecule has 5 nitrogen and oxygen atoms in total. The summed E-state index contributed by atoms with van der Waals surface area (Å²) in [6.45, 7) is 6.30. The van der Waals surface area contributed by atoms with Gasteiger partial charge < -0.3 is 10.2 Å². The number of nitrogens with zero attached hydrogens (tertiary/aromatic N) is 3. The maximum atomic E-state index is 13.4. The molecule has 5 rings (SSSR count). The van der Waals surface area contributed by atoms with E-state index in [0.29, 0.717) is 24.3 Å². The van der Waals surface area contributed by atoms with Crippen molar-refractivity contribution in [2.45, 2.75) is 76.4 Å². The molecule has 1 atom stereocenters. The zero-order valence-electron chi connectivity index (χ0n) is 18.5. The van der Waals surface area contributed by atoms with Gasteiger partial charge in [-0.15, -0.1) is 6.58 Å². The summed E-state index contributed by atoms with van der Waals surface area (Å²) in [6, 6.07) is 9.70. The lowest BCUT2D eigenvalue weighted by atomic mass is 9.90. The number of carbonyl (C=O) groups excluding carboxylic acids is 1. The molecule has 2 aliphatic carbocycles. The molecule has 1 saturated heterocycles. The third kappa shape index (κ3) is 4.20. The minimum Gasteiger partial charge on any atom is -0.337 e. The van der Waals surface area contributed by atoms with Gasteiger partial charge in [0.2, 0.25) is 0 Å². The number of aromatic nitrogens is 2. The summed E-state index contributed by atoms with van der Waals surface area (Å²) < 4.78 is 2.02. The number of carbonyl (C=O) groups is 1. The first kappa shape index (κ1) is 20.5. The van der Waals surface area contributed by atoms with E-state index in [9.17, 15) is 4.79 Å². The van der Waals surface area contributed by atoms with Gasteiger partial charge in [-0.25, -0.2) is 0 Å². The predicted molar refractivity (Wildman–Crippen MR) is 123 cm³/mol. The fourth-order valence-electron chi connectivity index (χ4n) is 5.71. The Hall–Kier alpha value is -2.40. The molecule has 0 saturated carbocycles. The molecule has 3 aliphatic rings. The van der Waals surface area contributed by atoms with Crippen molar-refractivity contribution in [2.75, 3.05) is 13.1 Å². The van der Waals surface area contributed by atoms with Gasteiger partial charge in [0.15, 0.2) is 5.69 Å². The Kier molecular flexibility index (Phi) is 5.95. The Morgan fingerprint density at radius 1 is 1.06 bits per heavy atom. The molecule has 31 heavy (non-hydrogen) atoms. The quantitative estimate of drug-likeness (QED) is 0.754. The van der Waals surface area contributed by atoms with E-state index in [1.807, 2.05) is 15.7 Å². The number of allylic oxidation sites excluding steroid dienone is 1. The first-order valence-corrected chi connectivity index (χ1v) is 12.0. The molecule has 1 fully saturated rings. The number of likely N-dealkylation sites (tertiary alicyclic amines) is 1. The van der Waals surface area contributed by atoms with E-state index in [2.05, 4.69) is 36.2 Å². The van der Waals surface area contributed by atoms with Gasteiger partial charge in [-0.3, -0.25) is 9.48 Å². The first-order valence-electron chi connectivity index (χ1n) is 12.0. The smallest absolute Gasteiger partial charge is 0.274 e. The van der Waals surface area contributed by atoms with E-state index in [1.54, 1.807) is 0 Å². The van der Waals surface area contributed by atoms with Gasteiger partial charge >= 0.3 is 0 Å². The largest absolute Gasteiger partial charge is 0.337 e. The predicted octanol–water partition coefficient (Wildman–Crippen LogP) is 3.70. The maximum absolute atomic E-state index is 13.4. The average molecular weight is 419 g/mol. The molecule has 0 radical (unpaired) electrons. The molecule has 1 aliphatic heterocycles. The van der Waals surface area contributed by atoms with Crippen LogP contribution in [-0.4, -0.2) is 45.8 Å². The van der Waals surface area contributed by atoms with Gasteiger partial charge in [-0.2, -0.15) is 5.10 Å². The van der Waals surface area contributed by atoms with E-state index in [4.69, 9.17) is 5.10 Å². The fraction of sp³-hybridized carbons (Fsp3) is 0.538. The minimum atomic E-state index is 0.134. The Bertz CT molecular complexity index is 929. The third-order valence-electron chi connectivity index (χ3n) is 7.27. The van der Waals surface area contributed by atoms with Gasteiger partial charge in [-0.05, 0) is 56.1 Å². The maximum Gasteiger partial charge on any atom is 0.274 e. The van der Waals surface area contributed by atoms with E-state index in [0.717, 1.165) is 58.0 Å². The summed E-state index contributed by atoms with van der Waals surface area (Å²) in [6.07, 6.45) is 11.7. The standard InChI is InChI=1S/C26H34N4O/c1-2-13-30-24-12-11-21(27-22-16-19-9-5-6-10-20(19)17-22)18-23(24)25(28-30)26(31)29-14-7-3-4-8-15-29/h2,5-6,9-10,21-22,27H,1,3-4,7-8,11-18H2/t21-/m0/s1. The topological polar surface area (TPSA) is 50.2 Å². The van der Waals surface area contributed by atoms with Crippen LogP contribution in [-0.2, 0) is 32.2 Å². The van der Waals surface area contributed by atoms with E-state index in [1.165, 1.54) is 35.2 Å². The summed E-state index contributed by atoms with van der Waals surface area (Å²) in [5.74, 6) is 0.134. The normalized spacial score (nSPS) is 21.4. The molecule has 164 valence electrons. The molecule has 2 aromatic rings. The number of hydrogen-bond donors (Lipinski definition) is 1. The van der Waals surface area contributed by atoms with Crippen LogP contribution in [0.15, 0.2) is 36.9 Å². The van der Waals surface area contributed by atoms with Crippen LogP contribution in [0.1, 0.15) is 65.0 Å². The van der Waals surface area contributed by atoms with Crippen LogP contribution < -0.4 is 5.32 Å². The lowest BCUT2D eigenvalue weighted by Crippen LogP contribution is -2.42. The van der Waals surface area contributed by atoms with Crippen LogP contribution >= 0.6 is 0 Å². The second kappa shape index (κ2) is 8.99. The third-order valence-corrected chi connectivity index (χ3v) is 7.27. The van der Waals surface area contributed by atoms with Crippen LogP contribution in [0.25, 0.3) is 0 Å². The second-order valence-corrected chi connectivity index (χ2v) is 9.43. The lowest BCUT2D eigenvalue weighted by molar-refractivity contribution is 0.0753. The van der Waals surface area contributed by atoms with E-state index in [-0.39, 0.29) is 5.91 Å². The zero-order valence-corrected chi connectivity index (χ0v) is 18.5. The number of rotatable bonds is 5. The van der Waals surface area contributed by atoms with E-state index >= 15 is 0 Å². The molecule has 1 aromatic carbocycles. The van der Waals surface area contributed by atoms with Crippen molar-refractivity contribution in [2.24, 2.45) is 0 Å². The van der Waals surface area contributed by atoms with Gasteiger partial charge in [-0.1, -0.05) is 43.2 Å². The number of hydrogen-bond acceptors (Lipinski definition) is 3. The van der Waals surface area contributed by atoms with Crippen molar-refractivity contribution in [3.63, 3.8) is 0 Å². The Morgan fingerprint density at radius 2 is 1.77 bits per heavy atom. The van der Waals surface area contributed by atoms with Crippen LogP contribution in [0.3, 0.4) is 0 Å². The second-order valence-electron chi connectivity index (χ2n) is 9.43. The SMILES string of the molecule is C=CCn1nc(C(=O)N2CCCCCC2)c2c1CC[C@H](NC1Cc3ccccc3C1)C2. The number of amides is 1. The van der Waals surface area contributed by atoms with Crippen molar-refractivity contribution in [3.8, 4) is 0 Å². The summed E-state index contributed by atoms with van der Waals surface area (Å²) in [5.41, 5.74) is 6.07. The number of nitrogens with one attached hydrogen (secondary N) is 1. The first-order chi connectivity index (χ1) is 15.2. The summed E-state index contributed by atoms with van der Waals surface area (Å²) in [7, 11) is 0. The molecule has 0 spiro atoms. The minimum absolute atomic E-state index is 0.134. The number of fused-ring (bicyclic) bond motifs is 2. The van der Waals surface area contributed by atoms with Crippen molar-refractivity contribution in [1.29, 1.82) is 0 Å². The Morgan fingerprint density at radius 3 is 2.45 bits per heavy atom. The molecule has 1 amide bonds. The summed E-state index contributed by atoms with van der Waals surface area (Å²) >= 11 is 0.